The van der Waals surface area contributed by atoms with Gasteiger partial charge in [0.25, 0.3) is 0 Å². The second-order valence-corrected chi connectivity index (χ2v) is 15.2. The molecule has 0 radical (unpaired) electrons. The van der Waals surface area contributed by atoms with Crippen molar-refractivity contribution in [1.29, 1.82) is 0 Å². The summed E-state index contributed by atoms with van der Waals surface area (Å²) in [5.74, 6) is -0.555. The van der Waals surface area contributed by atoms with Gasteiger partial charge in [-0.15, -0.1) is 0 Å². The predicted molar refractivity (Wildman–Crippen MR) is 269 cm³/mol. The van der Waals surface area contributed by atoms with Crippen LogP contribution in [0.25, 0.3) is 0 Å². The molecule has 1 atom stereocenters. The highest BCUT2D eigenvalue weighted by molar-refractivity contribution is 5.70. The first kappa shape index (κ1) is 57.8. The van der Waals surface area contributed by atoms with Gasteiger partial charge in [-0.3, -0.25) is 9.59 Å². The van der Waals surface area contributed by atoms with Crippen LogP contribution in [0.4, 0.5) is 0 Å². The van der Waals surface area contributed by atoms with Gasteiger partial charge in [-0.2, -0.15) is 0 Å². The molecule has 0 saturated carbocycles. The van der Waals surface area contributed by atoms with E-state index < -0.39 is 6.10 Å². The Labute approximate surface area is 381 Å². The number of carbonyl (C=O) groups excluding carboxylic acids is 2. The molecule has 0 N–H and O–H groups in total. The lowest BCUT2D eigenvalue weighted by molar-refractivity contribution is -0.162. The summed E-state index contributed by atoms with van der Waals surface area (Å²) in [6.45, 7) is 7.26. The van der Waals surface area contributed by atoms with E-state index in [0.717, 1.165) is 122 Å². The van der Waals surface area contributed by atoms with Crippen molar-refractivity contribution < 1.29 is 23.8 Å². The summed E-state index contributed by atoms with van der Waals surface area (Å²) in [6.07, 6.45) is 74.5. The standard InChI is InChI=1S/C57H88O5/c1-4-7-10-13-16-19-22-25-26-27-28-29-30-31-34-37-40-43-46-49-52-60-53-55(62-57(59)51-48-45-42-39-36-33-24-21-18-15-12-9-6-3)54-61-56(58)50-47-44-41-38-35-32-23-20-17-14-11-8-5-2/h7-8,10-12,15-17,19-21,24-26,28-29,31-32,34-35,40-41,43-44,55H,4-6,9,13-14,18,22-23,27,30,33,36-39,42,45-54H2,1-3H3/b10-7-,11-8-,15-12-,19-16-,20-17-,24-21-,26-25-,29-28-,34-31-,35-32-,43-40-,44-41-. The Kier molecular flexibility index (Phi) is 47.7. The van der Waals surface area contributed by atoms with Crippen LogP contribution in [0, 0.1) is 0 Å². The van der Waals surface area contributed by atoms with Crippen molar-refractivity contribution in [3.05, 3.63) is 146 Å². The topological polar surface area (TPSA) is 61.8 Å². The fourth-order valence-corrected chi connectivity index (χ4v) is 5.81. The Balaban J connectivity index is 4.51. The van der Waals surface area contributed by atoms with Crippen LogP contribution in [-0.4, -0.2) is 37.9 Å². The Bertz CT molecular complexity index is 1380. The molecule has 0 aromatic rings. The lowest BCUT2D eigenvalue weighted by Crippen LogP contribution is -2.30. The maximum atomic E-state index is 12.8. The van der Waals surface area contributed by atoms with Gasteiger partial charge in [0.1, 0.15) is 6.61 Å². The first-order valence-corrected chi connectivity index (χ1v) is 24.4. The number of rotatable bonds is 42. The number of ether oxygens (including phenoxy) is 3. The Morgan fingerprint density at radius 3 is 1.23 bits per heavy atom. The molecule has 0 amide bonds. The Morgan fingerprint density at radius 2 is 0.758 bits per heavy atom. The molecule has 0 aromatic heterocycles. The molecule has 0 bridgehead atoms. The second kappa shape index (κ2) is 51.1. The zero-order chi connectivity index (χ0) is 44.9. The number of esters is 2. The summed E-state index contributed by atoms with van der Waals surface area (Å²) in [6, 6.07) is 0. The van der Waals surface area contributed by atoms with Crippen LogP contribution in [-0.2, 0) is 23.8 Å². The van der Waals surface area contributed by atoms with Crippen LogP contribution < -0.4 is 0 Å². The molecule has 346 valence electrons. The van der Waals surface area contributed by atoms with E-state index in [4.69, 9.17) is 14.2 Å². The minimum absolute atomic E-state index is 0.00778. The van der Waals surface area contributed by atoms with Gasteiger partial charge in [0.05, 0.1) is 6.61 Å². The van der Waals surface area contributed by atoms with E-state index in [1.54, 1.807) is 0 Å². The fraction of sp³-hybridized carbons (Fsp3) is 0.544. The number of carbonyl (C=O) groups is 2. The van der Waals surface area contributed by atoms with Gasteiger partial charge >= 0.3 is 11.9 Å². The Hall–Kier alpha value is -4.22. The molecule has 0 fully saturated rings. The highest BCUT2D eigenvalue weighted by atomic mass is 16.6. The molecule has 0 saturated heterocycles. The lowest BCUT2D eigenvalue weighted by atomic mass is 10.1. The first-order chi connectivity index (χ1) is 30.6. The predicted octanol–water partition coefficient (Wildman–Crippen LogP) is 16.6. The third-order valence-corrected chi connectivity index (χ3v) is 9.33. The van der Waals surface area contributed by atoms with Gasteiger partial charge in [-0.05, 0) is 116 Å². The smallest absolute Gasteiger partial charge is 0.306 e. The molecule has 0 aliphatic heterocycles. The number of unbranched alkanes of at least 4 members (excludes halogenated alkanes) is 7. The van der Waals surface area contributed by atoms with E-state index in [0.29, 0.717) is 19.4 Å². The van der Waals surface area contributed by atoms with Crippen molar-refractivity contribution in [2.45, 2.75) is 181 Å². The van der Waals surface area contributed by atoms with Crippen molar-refractivity contribution in [2.24, 2.45) is 0 Å². The van der Waals surface area contributed by atoms with Gasteiger partial charge in [-0.25, -0.2) is 0 Å². The molecule has 1 unspecified atom stereocenters. The average Bonchev–Trinajstić information content (AvgIpc) is 3.27. The summed E-state index contributed by atoms with van der Waals surface area (Å²) in [7, 11) is 0. The van der Waals surface area contributed by atoms with Gasteiger partial charge in [0, 0.05) is 19.4 Å². The van der Waals surface area contributed by atoms with E-state index >= 15 is 0 Å². The molecule has 0 spiro atoms. The minimum atomic E-state index is -0.613. The minimum Gasteiger partial charge on any atom is -0.462 e. The van der Waals surface area contributed by atoms with E-state index in [2.05, 4.69) is 161 Å². The quantitative estimate of drug-likeness (QED) is 0.0348. The van der Waals surface area contributed by atoms with E-state index in [9.17, 15) is 9.59 Å². The molecule has 0 aliphatic rings. The van der Waals surface area contributed by atoms with E-state index in [1.165, 1.54) is 12.8 Å². The van der Waals surface area contributed by atoms with E-state index in [1.807, 2.05) is 6.08 Å². The highest BCUT2D eigenvalue weighted by Crippen LogP contribution is 2.10. The summed E-state index contributed by atoms with van der Waals surface area (Å²) >= 11 is 0. The van der Waals surface area contributed by atoms with Crippen LogP contribution in [0.5, 0.6) is 0 Å². The molecule has 5 heteroatoms. The van der Waals surface area contributed by atoms with Gasteiger partial charge < -0.3 is 14.2 Å². The second-order valence-electron chi connectivity index (χ2n) is 15.2. The van der Waals surface area contributed by atoms with Gasteiger partial charge in [0.15, 0.2) is 6.10 Å². The van der Waals surface area contributed by atoms with Crippen molar-refractivity contribution in [3.8, 4) is 0 Å². The maximum Gasteiger partial charge on any atom is 0.306 e. The van der Waals surface area contributed by atoms with Crippen molar-refractivity contribution >= 4 is 11.9 Å². The highest BCUT2D eigenvalue weighted by Gasteiger charge is 2.17. The summed E-state index contributed by atoms with van der Waals surface area (Å²) in [4.78, 5) is 25.3. The summed E-state index contributed by atoms with van der Waals surface area (Å²) in [5, 5.41) is 0. The first-order valence-electron chi connectivity index (χ1n) is 24.4. The molecule has 0 aromatic carbocycles. The number of allylic oxidation sites excluding steroid dienone is 24. The molecule has 62 heavy (non-hydrogen) atoms. The fourth-order valence-electron chi connectivity index (χ4n) is 5.81. The third kappa shape index (κ3) is 48.4. The van der Waals surface area contributed by atoms with Crippen LogP contribution in [0.15, 0.2) is 146 Å². The largest absolute Gasteiger partial charge is 0.462 e. The van der Waals surface area contributed by atoms with Crippen molar-refractivity contribution in [1.82, 2.24) is 0 Å². The molecule has 5 nitrogen and oxygen atoms in total. The number of hydrogen-bond acceptors (Lipinski definition) is 5. The molecule has 0 aliphatic carbocycles. The lowest BCUT2D eigenvalue weighted by Gasteiger charge is -2.18. The third-order valence-electron chi connectivity index (χ3n) is 9.33. The normalized spacial score (nSPS) is 13.5. The molecular weight excluding hydrogens is 765 g/mol. The van der Waals surface area contributed by atoms with Crippen molar-refractivity contribution in [3.63, 3.8) is 0 Å². The van der Waals surface area contributed by atoms with Crippen LogP contribution >= 0.6 is 0 Å². The monoisotopic (exact) mass is 853 g/mol. The van der Waals surface area contributed by atoms with E-state index in [-0.39, 0.29) is 31.6 Å². The summed E-state index contributed by atoms with van der Waals surface area (Å²) in [5.41, 5.74) is 0. The molecule has 0 rings (SSSR count). The molecule has 0 heterocycles. The average molecular weight is 853 g/mol. The summed E-state index contributed by atoms with van der Waals surface area (Å²) < 4.78 is 17.2. The zero-order valence-corrected chi connectivity index (χ0v) is 39.6. The Morgan fingerprint density at radius 1 is 0.371 bits per heavy atom. The van der Waals surface area contributed by atoms with Gasteiger partial charge in [0.2, 0.25) is 0 Å². The van der Waals surface area contributed by atoms with Crippen LogP contribution in [0.1, 0.15) is 175 Å². The SMILES string of the molecule is CC/C=C\C/C=C\C/C=C\C/C=C\C/C=C\C/C=C\CCCOCC(COC(=O)CC/C=C\C/C=C\C/C=C\C/C=C\CC)OC(=O)CCCCCCC/C=C\C/C=C\CCC. The molecular formula is C57H88O5. The van der Waals surface area contributed by atoms with Gasteiger partial charge in [-0.1, -0.05) is 192 Å². The van der Waals surface area contributed by atoms with Crippen LogP contribution in [0.2, 0.25) is 0 Å². The van der Waals surface area contributed by atoms with Crippen LogP contribution in [0.3, 0.4) is 0 Å². The maximum absolute atomic E-state index is 12.8. The zero-order valence-electron chi connectivity index (χ0n) is 39.6. The number of hydrogen-bond donors (Lipinski definition) is 0. The van der Waals surface area contributed by atoms with Crippen molar-refractivity contribution in [2.75, 3.05) is 19.8 Å².